The van der Waals surface area contributed by atoms with Gasteiger partial charge < -0.3 is 24.8 Å². The standard InChI is InChI=1S/C14H20BNO5/c1-13(2,3)21-12(17)16-14(8-20-9-14)10-4-6-11(7-5-10)15(18)19/h4-7,18-19H,8-9H2,1-3H3,(H,16,17). The molecule has 0 spiro atoms. The molecule has 0 aromatic heterocycles. The summed E-state index contributed by atoms with van der Waals surface area (Å²) < 4.78 is 10.5. The molecule has 0 radical (unpaired) electrons. The lowest BCUT2D eigenvalue weighted by atomic mass is 9.78. The number of hydrogen-bond acceptors (Lipinski definition) is 5. The van der Waals surface area contributed by atoms with E-state index in [4.69, 9.17) is 19.5 Å². The van der Waals surface area contributed by atoms with Gasteiger partial charge in [0, 0.05) is 0 Å². The molecule has 21 heavy (non-hydrogen) atoms. The molecule has 114 valence electrons. The third-order valence-corrected chi connectivity index (χ3v) is 3.20. The number of benzene rings is 1. The summed E-state index contributed by atoms with van der Waals surface area (Å²) in [6.45, 7) is 6.11. The molecule has 1 aliphatic rings. The van der Waals surface area contributed by atoms with Crippen LogP contribution in [0.25, 0.3) is 0 Å². The van der Waals surface area contributed by atoms with Crippen LogP contribution in [-0.4, -0.2) is 42.1 Å². The van der Waals surface area contributed by atoms with E-state index >= 15 is 0 Å². The quantitative estimate of drug-likeness (QED) is 0.689. The minimum atomic E-state index is -1.51. The largest absolute Gasteiger partial charge is 0.488 e. The highest BCUT2D eigenvalue weighted by atomic mass is 16.6. The van der Waals surface area contributed by atoms with Gasteiger partial charge in [0.15, 0.2) is 0 Å². The molecule has 1 heterocycles. The Morgan fingerprint density at radius 3 is 2.24 bits per heavy atom. The lowest BCUT2D eigenvalue weighted by molar-refractivity contribution is -0.0797. The maximum atomic E-state index is 11.9. The predicted octanol–water partition coefficient (Wildman–Crippen LogP) is 0.117. The fourth-order valence-corrected chi connectivity index (χ4v) is 2.09. The Kier molecular flexibility index (Phi) is 4.27. The minimum Gasteiger partial charge on any atom is -0.444 e. The highest BCUT2D eigenvalue weighted by Gasteiger charge is 2.42. The molecule has 1 aromatic carbocycles. The molecule has 0 atom stereocenters. The van der Waals surface area contributed by atoms with Gasteiger partial charge in [-0.1, -0.05) is 24.3 Å². The van der Waals surface area contributed by atoms with Crippen molar-refractivity contribution in [3.63, 3.8) is 0 Å². The van der Waals surface area contributed by atoms with Crippen LogP contribution in [0.3, 0.4) is 0 Å². The summed E-state index contributed by atoms with van der Waals surface area (Å²) in [7, 11) is -1.51. The number of amides is 1. The van der Waals surface area contributed by atoms with E-state index in [1.54, 1.807) is 45.0 Å². The topological polar surface area (TPSA) is 88.0 Å². The maximum absolute atomic E-state index is 11.9. The molecule has 1 amide bonds. The predicted molar refractivity (Wildman–Crippen MR) is 78.1 cm³/mol. The first-order valence-electron chi connectivity index (χ1n) is 6.77. The second kappa shape index (κ2) is 5.67. The van der Waals surface area contributed by atoms with Gasteiger partial charge in [-0.05, 0) is 31.8 Å². The van der Waals surface area contributed by atoms with Crippen molar-refractivity contribution in [2.45, 2.75) is 31.9 Å². The Bertz CT molecular complexity index is 505. The molecule has 1 fully saturated rings. The fourth-order valence-electron chi connectivity index (χ4n) is 2.09. The van der Waals surface area contributed by atoms with Gasteiger partial charge in [0.05, 0.1) is 13.2 Å². The van der Waals surface area contributed by atoms with E-state index in [1.165, 1.54) is 0 Å². The van der Waals surface area contributed by atoms with Crippen LogP contribution < -0.4 is 10.8 Å². The van der Waals surface area contributed by atoms with Crippen LogP contribution in [0.1, 0.15) is 26.3 Å². The van der Waals surface area contributed by atoms with Crippen molar-refractivity contribution in [1.29, 1.82) is 0 Å². The molecule has 3 N–H and O–H groups in total. The monoisotopic (exact) mass is 293 g/mol. The Balaban J connectivity index is 2.12. The summed E-state index contributed by atoms with van der Waals surface area (Å²) in [5, 5.41) is 21.0. The van der Waals surface area contributed by atoms with Gasteiger partial charge in [-0.25, -0.2) is 4.79 Å². The first kappa shape index (κ1) is 15.8. The number of carbonyl (C=O) groups excluding carboxylic acids is 1. The van der Waals surface area contributed by atoms with Gasteiger partial charge in [0.25, 0.3) is 0 Å². The summed E-state index contributed by atoms with van der Waals surface area (Å²) in [6, 6.07) is 6.71. The number of rotatable bonds is 3. The van der Waals surface area contributed by atoms with Crippen LogP contribution in [0.4, 0.5) is 4.79 Å². The number of hydrogen-bond donors (Lipinski definition) is 3. The van der Waals surface area contributed by atoms with Crippen LogP contribution in [-0.2, 0) is 15.0 Å². The minimum absolute atomic E-state index is 0.354. The molecule has 1 saturated heterocycles. The first-order chi connectivity index (χ1) is 9.72. The molecule has 6 nitrogen and oxygen atoms in total. The zero-order valence-electron chi connectivity index (χ0n) is 12.4. The Labute approximate surface area is 124 Å². The van der Waals surface area contributed by atoms with E-state index in [0.29, 0.717) is 18.7 Å². The van der Waals surface area contributed by atoms with Crippen molar-refractivity contribution in [1.82, 2.24) is 5.32 Å². The molecule has 1 aromatic rings. The molecular formula is C14H20BNO5. The lowest BCUT2D eigenvalue weighted by Gasteiger charge is -2.42. The van der Waals surface area contributed by atoms with E-state index in [1.807, 2.05) is 0 Å². The van der Waals surface area contributed by atoms with Gasteiger partial charge in [-0.15, -0.1) is 0 Å². The van der Waals surface area contributed by atoms with Gasteiger partial charge in [-0.3, -0.25) is 0 Å². The fraction of sp³-hybridized carbons (Fsp3) is 0.500. The zero-order valence-corrected chi connectivity index (χ0v) is 12.4. The average molecular weight is 293 g/mol. The summed E-state index contributed by atoms with van der Waals surface area (Å²) in [5.74, 6) is 0. The Morgan fingerprint density at radius 1 is 1.29 bits per heavy atom. The molecular weight excluding hydrogens is 273 g/mol. The molecule has 0 unspecified atom stereocenters. The SMILES string of the molecule is CC(C)(C)OC(=O)NC1(c2ccc(B(O)O)cc2)COC1. The summed E-state index contributed by atoms with van der Waals surface area (Å²) in [4.78, 5) is 11.9. The van der Waals surface area contributed by atoms with E-state index in [0.717, 1.165) is 5.56 Å². The Hall–Kier alpha value is -1.57. The van der Waals surface area contributed by atoms with E-state index in [2.05, 4.69) is 5.32 Å². The smallest absolute Gasteiger partial charge is 0.444 e. The second-order valence-corrected chi connectivity index (χ2v) is 6.20. The van der Waals surface area contributed by atoms with Gasteiger partial charge in [0.1, 0.15) is 11.1 Å². The lowest BCUT2D eigenvalue weighted by Crippen LogP contribution is -2.60. The third kappa shape index (κ3) is 3.75. The van der Waals surface area contributed by atoms with Crippen LogP contribution in [0.15, 0.2) is 24.3 Å². The van der Waals surface area contributed by atoms with Gasteiger partial charge in [0.2, 0.25) is 0 Å². The van der Waals surface area contributed by atoms with Crippen molar-refractivity contribution in [3.05, 3.63) is 29.8 Å². The average Bonchev–Trinajstić information content (AvgIpc) is 2.32. The number of carbonyl (C=O) groups is 1. The molecule has 2 rings (SSSR count). The number of ether oxygens (including phenoxy) is 2. The molecule has 0 saturated carbocycles. The number of alkyl carbamates (subject to hydrolysis) is 1. The number of nitrogens with one attached hydrogen (secondary N) is 1. The van der Waals surface area contributed by atoms with E-state index in [9.17, 15) is 4.79 Å². The molecule has 7 heteroatoms. The highest BCUT2D eigenvalue weighted by molar-refractivity contribution is 6.58. The first-order valence-corrected chi connectivity index (χ1v) is 6.77. The zero-order chi connectivity index (χ0) is 15.7. The van der Waals surface area contributed by atoms with Crippen molar-refractivity contribution >= 4 is 18.7 Å². The molecule has 0 aliphatic carbocycles. The highest BCUT2D eigenvalue weighted by Crippen LogP contribution is 2.29. The third-order valence-electron chi connectivity index (χ3n) is 3.20. The van der Waals surface area contributed by atoms with Gasteiger partial charge >= 0.3 is 13.2 Å². The van der Waals surface area contributed by atoms with Crippen molar-refractivity contribution in [2.75, 3.05) is 13.2 Å². The van der Waals surface area contributed by atoms with Gasteiger partial charge in [-0.2, -0.15) is 0 Å². The van der Waals surface area contributed by atoms with Crippen LogP contribution >= 0.6 is 0 Å². The van der Waals surface area contributed by atoms with E-state index in [-0.39, 0.29) is 0 Å². The van der Waals surface area contributed by atoms with Crippen LogP contribution in [0.2, 0.25) is 0 Å². The molecule has 0 bridgehead atoms. The van der Waals surface area contributed by atoms with Crippen LogP contribution in [0, 0.1) is 0 Å². The summed E-state index contributed by atoms with van der Waals surface area (Å²) in [6.07, 6.45) is -0.503. The van der Waals surface area contributed by atoms with Crippen LogP contribution in [0.5, 0.6) is 0 Å². The van der Waals surface area contributed by atoms with Crippen molar-refractivity contribution in [3.8, 4) is 0 Å². The summed E-state index contributed by atoms with van der Waals surface area (Å²) in [5.41, 5.74) is 0.0394. The van der Waals surface area contributed by atoms with Crippen molar-refractivity contribution < 1.29 is 24.3 Å². The normalized spacial score (nSPS) is 16.8. The maximum Gasteiger partial charge on any atom is 0.488 e. The summed E-state index contributed by atoms with van der Waals surface area (Å²) >= 11 is 0. The molecule has 1 aliphatic heterocycles. The second-order valence-electron chi connectivity index (χ2n) is 6.20. The van der Waals surface area contributed by atoms with Crippen molar-refractivity contribution in [2.24, 2.45) is 0 Å². The van der Waals surface area contributed by atoms with E-state index < -0.39 is 24.4 Å². The Morgan fingerprint density at radius 2 is 1.86 bits per heavy atom.